The smallest absolute Gasteiger partial charge is 0.261 e. The minimum Gasteiger partial charge on any atom is -0.463 e. The molecule has 0 saturated carbocycles. The molecule has 0 bridgehead atoms. The third-order valence-corrected chi connectivity index (χ3v) is 6.33. The van der Waals surface area contributed by atoms with Crippen molar-refractivity contribution in [3.8, 4) is 11.4 Å². The molecule has 0 fully saturated rings. The number of fused-ring (bicyclic) bond motifs is 2. The van der Waals surface area contributed by atoms with Crippen LogP contribution in [0.5, 0.6) is 0 Å². The van der Waals surface area contributed by atoms with Gasteiger partial charge in [-0.05, 0) is 24.3 Å². The van der Waals surface area contributed by atoms with Gasteiger partial charge in [-0.2, -0.15) is 0 Å². The molecule has 2 amide bonds. The molecule has 2 aromatic heterocycles. The largest absolute Gasteiger partial charge is 0.463 e. The molecule has 4 heterocycles. The number of furan rings is 1. The Morgan fingerprint density at radius 1 is 0.824 bits per heavy atom. The second-order valence-electron chi connectivity index (χ2n) is 8.60. The first kappa shape index (κ1) is 20.5. The van der Waals surface area contributed by atoms with Gasteiger partial charge in [0.15, 0.2) is 5.82 Å². The van der Waals surface area contributed by atoms with Crippen LogP contribution in [0.1, 0.15) is 43.5 Å². The number of carbonyl (C=O) groups is 2. The van der Waals surface area contributed by atoms with Gasteiger partial charge >= 0.3 is 0 Å². The van der Waals surface area contributed by atoms with E-state index in [9.17, 15) is 9.59 Å². The average molecular weight is 450 g/mol. The highest BCUT2D eigenvalue weighted by Crippen LogP contribution is 2.26. The number of rotatable bonds is 5. The van der Waals surface area contributed by atoms with E-state index in [1.54, 1.807) is 24.3 Å². The van der Waals surface area contributed by atoms with E-state index < -0.39 is 0 Å². The molecule has 2 aromatic carbocycles. The molecule has 0 N–H and O–H groups in total. The monoisotopic (exact) mass is 450 g/mol. The first-order valence-corrected chi connectivity index (χ1v) is 11.3. The van der Waals surface area contributed by atoms with E-state index in [0.29, 0.717) is 23.4 Å². The van der Waals surface area contributed by atoms with Gasteiger partial charge in [0, 0.05) is 36.8 Å². The van der Waals surface area contributed by atoms with Crippen LogP contribution in [-0.4, -0.2) is 38.1 Å². The Hall–Kier alpha value is -4.10. The lowest BCUT2D eigenvalue weighted by Crippen LogP contribution is -2.31. The van der Waals surface area contributed by atoms with Crippen molar-refractivity contribution in [3.05, 3.63) is 107 Å². The molecule has 0 atom stereocenters. The third kappa shape index (κ3) is 3.70. The van der Waals surface area contributed by atoms with Gasteiger partial charge in [0.2, 0.25) is 0 Å². The first-order valence-electron chi connectivity index (χ1n) is 11.3. The summed E-state index contributed by atoms with van der Waals surface area (Å²) in [5.74, 6) is 1.60. The molecule has 0 aliphatic carbocycles. The van der Waals surface area contributed by atoms with Crippen LogP contribution < -0.4 is 0 Å². The lowest BCUT2D eigenvalue weighted by atomic mass is 10.1. The van der Waals surface area contributed by atoms with E-state index >= 15 is 0 Å². The van der Waals surface area contributed by atoms with Gasteiger partial charge in [0.1, 0.15) is 11.5 Å². The molecular formula is C27H22N4O3. The number of amides is 2. The van der Waals surface area contributed by atoms with Crippen LogP contribution >= 0.6 is 0 Å². The molecule has 0 radical (unpaired) electrons. The van der Waals surface area contributed by atoms with Crippen molar-refractivity contribution in [3.63, 3.8) is 0 Å². The third-order valence-electron chi connectivity index (χ3n) is 6.33. The molecule has 7 heteroatoms. The Morgan fingerprint density at radius 3 is 2.24 bits per heavy atom. The molecule has 4 aromatic rings. The first-order chi connectivity index (χ1) is 16.7. The maximum Gasteiger partial charge on any atom is 0.261 e. The second-order valence-corrected chi connectivity index (χ2v) is 8.60. The van der Waals surface area contributed by atoms with Crippen molar-refractivity contribution in [2.45, 2.75) is 26.1 Å². The molecule has 34 heavy (non-hydrogen) atoms. The van der Waals surface area contributed by atoms with E-state index in [4.69, 9.17) is 9.40 Å². The topological polar surface area (TPSA) is 79.5 Å². The molecule has 6 rings (SSSR count). The van der Waals surface area contributed by atoms with Gasteiger partial charge in [-0.3, -0.25) is 19.4 Å². The number of nitrogens with zero attached hydrogens (tertiary/aromatic N) is 4. The fourth-order valence-corrected chi connectivity index (χ4v) is 4.59. The van der Waals surface area contributed by atoms with E-state index in [2.05, 4.69) is 9.88 Å². The predicted octanol–water partition coefficient (Wildman–Crippen LogP) is 4.09. The average Bonchev–Trinajstić information content (AvgIpc) is 3.42. The standard InChI is InChI=1S/C27H22N4O3/c32-26-22-8-4-5-9-23(22)27(33)31(26)17-21-11-10-20(34-21)16-30-13-12-24-19(15-30)14-28-25(29-24)18-6-2-1-3-7-18/h1-11,14H,12-13,15-17H2. The van der Waals surface area contributed by atoms with E-state index in [1.165, 1.54) is 4.90 Å². The van der Waals surface area contributed by atoms with Crippen molar-refractivity contribution in [2.75, 3.05) is 6.54 Å². The lowest BCUT2D eigenvalue weighted by Gasteiger charge is -2.27. The summed E-state index contributed by atoms with van der Waals surface area (Å²) in [7, 11) is 0. The molecule has 0 spiro atoms. The highest BCUT2D eigenvalue weighted by atomic mass is 16.3. The van der Waals surface area contributed by atoms with Crippen LogP contribution in [0, 0.1) is 0 Å². The molecule has 7 nitrogen and oxygen atoms in total. The zero-order chi connectivity index (χ0) is 23.1. The molecule has 0 unspecified atom stereocenters. The quantitative estimate of drug-likeness (QED) is 0.426. The Balaban J connectivity index is 1.11. The fourth-order valence-electron chi connectivity index (χ4n) is 4.59. The van der Waals surface area contributed by atoms with E-state index in [-0.39, 0.29) is 18.4 Å². The normalized spacial score (nSPS) is 15.5. The molecule has 0 saturated heterocycles. The Bertz CT molecular complexity index is 1360. The van der Waals surface area contributed by atoms with Gasteiger partial charge in [0.05, 0.1) is 29.9 Å². The number of hydrogen-bond acceptors (Lipinski definition) is 6. The van der Waals surface area contributed by atoms with Crippen LogP contribution in [-0.2, 0) is 26.1 Å². The summed E-state index contributed by atoms with van der Waals surface area (Å²) in [6, 6.07) is 20.7. The predicted molar refractivity (Wildman–Crippen MR) is 125 cm³/mol. The van der Waals surface area contributed by atoms with Gasteiger partial charge in [-0.15, -0.1) is 0 Å². The maximum absolute atomic E-state index is 12.6. The van der Waals surface area contributed by atoms with Crippen molar-refractivity contribution < 1.29 is 14.0 Å². The zero-order valence-electron chi connectivity index (χ0n) is 18.5. The summed E-state index contributed by atoms with van der Waals surface area (Å²) < 4.78 is 5.99. The summed E-state index contributed by atoms with van der Waals surface area (Å²) in [4.78, 5) is 38.1. The minimum atomic E-state index is -0.277. The van der Waals surface area contributed by atoms with Gasteiger partial charge in [0.25, 0.3) is 11.8 Å². The van der Waals surface area contributed by atoms with E-state index in [1.807, 2.05) is 48.7 Å². The highest BCUT2D eigenvalue weighted by Gasteiger charge is 2.35. The Kier molecular flexibility index (Phi) is 5.04. The molecular weight excluding hydrogens is 428 g/mol. The molecule has 168 valence electrons. The number of benzene rings is 2. The van der Waals surface area contributed by atoms with Crippen molar-refractivity contribution in [1.29, 1.82) is 0 Å². The van der Waals surface area contributed by atoms with Crippen molar-refractivity contribution in [1.82, 2.24) is 19.8 Å². The van der Waals surface area contributed by atoms with Gasteiger partial charge < -0.3 is 4.42 Å². The minimum absolute atomic E-state index is 0.130. The van der Waals surface area contributed by atoms with Crippen molar-refractivity contribution >= 4 is 11.8 Å². The van der Waals surface area contributed by atoms with Crippen LogP contribution in [0.25, 0.3) is 11.4 Å². The zero-order valence-corrected chi connectivity index (χ0v) is 18.5. The van der Waals surface area contributed by atoms with Crippen LogP contribution in [0.15, 0.2) is 77.3 Å². The van der Waals surface area contributed by atoms with Gasteiger partial charge in [-0.25, -0.2) is 9.97 Å². The van der Waals surface area contributed by atoms with Crippen molar-refractivity contribution in [2.24, 2.45) is 0 Å². The summed E-state index contributed by atoms with van der Waals surface area (Å²) >= 11 is 0. The highest BCUT2D eigenvalue weighted by molar-refractivity contribution is 6.21. The molecule has 2 aliphatic heterocycles. The maximum atomic E-state index is 12.6. The summed E-state index contributed by atoms with van der Waals surface area (Å²) in [5, 5.41) is 0. The Labute approximate surface area is 196 Å². The van der Waals surface area contributed by atoms with Crippen LogP contribution in [0.3, 0.4) is 0 Å². The number of carbonyl (C=O) groups excluding carboxylic acids is 2. The summed E-state index contributed by atoms with van der Waals surface area (Å²) in [5.41, 5.74) is 4.14. The van der Waals surface area contributed by atoms with Gasteiger partial charge in [-0.1, -0.05) is 42.5 Å². The fraction of sp³-hybridized carbons (Fsp3) is 0.185. The summed E-state index contributed by atoms with van der Waals surface area (Å²) in [6.45, 7) is 2.39. The number of hydrogen-bond donors (Lipinski definition) is 0. The molecule has 2 aliphatic rings. The van der Waals surface area contributed by atoms with E-state index in [0.717, 1.165) is 47.9 Å². The number of aromatic nitrogens is 2. The second kappa shape index (κ2) is 8.35. The SMILES string of the molecule is O=C1c2ccccc2C(=O)N1Cc1ccc(CN2CCc3nc(-c4ccccc4)ncc3C2)o1. The summed E-state index contributed by atoms with van der Waals surface area (Å²) in [6.07, 6.45) is 2.77. The Morgan fingerprint density at radius 2 is 1.50 bits per heavy atom. The van der Waals surface area contributed by atoms with Crippen LogP contribution in [0.2, 0.25) is 0 Å². The number of imide groups is 1. The lowest BCUT2D eigenvalue weighted by molar-refractivity contribution is 0.0630. The van der Waals surface area contributed by atoms with Crippen LogP contribution in [0.4, 0.5) is 0 Å².